The predicted molar refractivity (Wildman–Crippen MR) is 74.8 cm³/mol. The number of fused-ring (bicyclic) bond motifs is 1. The van der Waals surface area contributed by atoms with E-state index in [0.717, 1.165) is 16.2 Å². The molecule has 0 atom stereocenters. The zero-order chi connectivity index (χ0) is 15.2. The van der Waals surface area contributed by atoms with Crippen LogP contribution in [0.5, 0.6) is 11.5 Å². The van der Waals surface area contributed by atoms with Crippen LogP contribution in [0.4, 0.5) is 4.79 Å². The standard InChI is InChI=1S/C14H18N2O5/c1-16(9-13(17)18)14(19)15-5-4-10-2-3-11-12(8-10)21-7-6-20-11/h2-3,8H,4-7,9H2,1H3,(H,15,19)(H,17,18). The van der Waals surface area contributed by atoms with Crippen molar-refractivity contribution in [2.75, 3.05) is 33.4 Å². The van der Waals surface area contributed by atoms with E-state index in [2.05, 4.69) is 5.32 Å². The Morgan fingerprint density at radius 3 is 2.71 bits per heavy atom. The number of carboxylic acids is 1. The number of amides is 2. The average molecular weight is 294 g/mol. The van der Waals surface area contributed by atoms with Crippen LogP contribution in [0.25, 0.3) is 0 Å². The SMILES string of the molecule is CN(CC(=O)O)C(=O)NCCc1ccc2c(c1)OCCO2. The molecular weight excluding hydrogens is 276 g/mol. The van der Waals surface area contributed by atoms with Crippen molar-refractivity contribution in [1.29, 1.82) is 0 Å². The summed E-state index contributed by atoms with van der Waals surface area (Å²) in [6.07, 6.45) is 0.628. The number of hydrogen-bond acceptors (Lipinski definition) is 4. The van der Waals surface area contributed by atoms with Gasteiger partial charge in [0.05, 0.1) is 0 Å². The molecule has 7 heteroatoms. The molecule has 0 saturated heterocycles. The number of carbonyl (C=O) groups is 2. The summed E-state index contributed by atoms with van der Waals surface area (Å²) in [6.45, 7) is 1.18. The second-order valence-corrected chi connectivity index (χ2v) is 4.71. The Bertz CT molecular complexity index is 532. The number of nitrogens with one attached hydrogen (secondary N) is 1. The lowest BCUT2D eigenvalue weighted by molar-refractivity contribution is -0.137. The number of likely N-dealkylation sites (N-methyl/N-ethyl adjacent to an activating group) is 1. The Hall–Kier alpha value is -2.44. The molecule has 0 fully saturated rings. The van der Waals surface area contributed by atoms with Gasteiger partial charge in [-0.2, -0.15) is 0 Å². The van der Waals surface area contributed by atoms with E-state index in [0.29, 0.717) is 31.9 Å². The van der Waals surface area contributed by atoms with E-state index in [1.165, 1.54) is 7.05 Å². The quantitative estimate of drug-likeness (QED) is 0.835. The van der Waals surface area contributed by atoms with E-state index in [-0.39, 0.29) is 6.54 Å². The number of aliphatic carboxylic acids is 1. The number of hydrogen-bond donors (Lipinski definition) is 2. The van der Waals surface area contributed by atoms with Gasteiger partial charge in [0.2, 0.25) is 0 Å². The fraction of sp³-hybridized carbons (Fsp3) is 0.429. The maximum absolute atomic E-state index is 11.6. The van der Waals surface area contributed by atoms with Gasteiger partial charge in [-0.1, -0.05) is 6.07 Å². The molecule has 1 aliphatic heterocycles. The Balaban J connectivity index is 1.81. The lowest BCUT2D eigenvalue weighted by atomic mass is 10.1. The van der Waals surface area contributed by atoms with Gasteiger partial charge >= 0.3 is 12.0 Å². The lowest BCUT2D eigenvalue weighted by Crippen LogP contribution is -2.40. The van der Waals surface area contributed by atoms with Gasteiger partial charge in [0.15, 0.2) is 11.5 Å². The molecule has 1 aromatic rings. The van der Waals surface area contributed by atoms with Crippen LogP contribution in [-0.4, -0.2) is 55.4 Å². The van der Waals surface area contributed by atoms with Gasteiger partial charge < -0.3 is 24.8 Å². The van der Waals surface area contributed by atoms with Crippen molar-refractivity contribution in [3.8, 4) is 11.5 Å². The van der Waals surface area contributed by atoms with Crippen molar-refractivity contribution in [1.82, 2.24) is 10.2 Å². The van der Waals surface area contributed by atoms with E-state index in [1.54, 1.807) is 0 Å². The van der Waals surface area contributed by atoms with E-state index >= 15 is 0 Å². The molecule has 1 aliphatic rings. The van der Waals surface area contributed by atoms with E-state index < -0.39 is 12.0 Å². The zero-order valence-corrected chi connectivity index (χ0v) is 11.8. The molecule has 0 bridgehead atoms. The third-order valence-corrected chi connectivity index (χ3v) is 3.02. The van der Waals surface area contributed by atoms with Crippen molar-refractivity contribution in [3.63, 3.8) is 0 Å². The van der Waals surface area contributed by atoms with Crippen molar-refractivity contribution < 1.29 is 24.2 Å². The third-order valence-electron chi connectivity index (χ3n) is 3.02. The molecule has 7 nitrogen and oxygen atoms in total. The lowest BCUT2D eigenvalue weighted by Gasteiger charge is -2.19. The van der Waals surface area contributed by atoms with Gasteiger partial charge in [-0.3, -0.25) is 4.79 Å². The highest BCUT2D eigenvalue weighted by Gasteiger charge is 2.13. The number of urea groups is 1. The Morgan fingerprint density at radius 1 is 1.29 bits per heavy atom. The van der Waals surface area contributed by atoms with Crippen molar-refractivity contribution >= 4 is 12.0 Å². The van der Waals surface area contributed by atoms with Crippen LogP contribution in [-0.2, 0) is 11.2 Å². The molecule has 0 unspecified atom stereocenters. The van der Waals surface area contributed by atoms with E-state index in [4.69, 9.17) is 14.6 Å². The van der Waals surface area contributed by atoms with Crippen LogP contribution in [0, 0.1) is 0 Å². The fourth-order valence-corrected chi connectivity index (χ4v) is 1.97. The molecule has 21 heavy (non-hydrogen) atoms. The Labute approximate surface area is 122 Å². The van der Waals surface area contributed by atoms with Gasteiger partial charge in [0, 0.05) is 13.6 Å². The summed E-state index contributed by atoms with van der Waals surface area (Å²) in [5, 5.41) is 11.3. The first-order chi connectivity index (χ1) is 10.1. The molecular formula is C14H18N2O5. The minimum atomic E-state index is -1.04. The molecule has 114 valence electrons. The van der Waals surface area contributed by atoms with Gasteiger partial charge in [0.25, 0.3) is 0 Å². The predicted octanol–water partition coefficient (Wildman–Crippen LogP) is 0.726. The molecule has 0 aromatic heterocycles. The maximum atomic E-state index is 11.6. The summed E-state index contributed by atoms with van der Waals surface area (Å²) in [5.41, 5.74) is 1.01. The summed E-state index contributed by atoms with van der Waals surface area (Å²) in [5.74, 6) is 0.405. The van der Waals surface area contributed by atoms with Crippen LogP contribution in [0.1, 0.15) is 5.56 Å². The Kier molecular flexibility index (Phi) is 4.86. The highest BCUT2D eigenvalue weighted by Crippen LogP contribution is 2.30. The monoisotopic (exact) mass is 294 g/mol. The summed E-state index contributed by atoms with van der Waals surface area (Å²) in [6, 6.07) is 5.25. The zero-order valence-electron chi connectivity index (χ0n) is 11.8. The van der Waals surface area contributed by atoms with Crippen LogP contribution >= 0.6 is 0 Å². The molecule has 2 rings (SSSR count). The molecule has 0 spiro atoms. The normalized spacial score (nSPS) is 12.6. The van der Waals surface area contributed by atoms with Crippen LogP contribution in [0.15, 0.2) is 18.2 Å². The highest BCUT2D eigenvalue weighted by molar-refractivity contribution is 5.79. The summed E-state index contributed by atoms with van der Waals surface area (Å²) >= 11 is 0. The number of carboxylic acid groups (broad SMARTS) is 1. The first kappa shape index (κ1) is 15.0. The van der Waals surface area contributed by atoms with Crippen molar-refractivity contribution in [2.24, 2.45) is 0 Å². The fourth-order valence-electron chi connectivity index (χ4n) is 1.97. The molecule has 0 radical (unpaired) electrons. The minimum absolute atomic E-state index is 0.324. The molecule has 1 aromatic carbocycles. The number of nitrogens with zero attached hydrogens (tertiary/aromatic N) is 1. The van der Waals surface area contributed by atoms with Crippen LogP contribution in [0.3, 0.4) is 0 Å². The maximum Gasteiger partial charge on any atom is 0.323 e. The Morgan fingerprint density at radius 2 is 2.00 bits per heavy atom. The molecule has 0 aliphatic carbocycles. The van der Waals surface area contributed by atoms with Crippen LogP contribution in [0.2, 0.25) is 0 Å². The number of benzene rings is 1. The van der Waals surface area contributed by atoms with Crippen LogP contribution < -0.4 is 14.8 Å². The smallest absolute Gasteiger partial charge is 0.323 e. The van der Waals surface area contributed by atoms with E-state index in [9.17, 15) is 9.59 Å². The first-order valence-electron chi connectivity index (χ1n) is 6.65. The summed E-state index contributed by atoms with van der Waals surface area (Å²) < 4.78 is 10.9. The molecule has 2 N–H and O–H groups in total. The first-order valence-corrected chi connectivity index (χ1v) is 6.65. The van der Waals surface area contributed by atoms with Gasteiger partial charge in [-0.25, -0.2) is 4.79 Å². The summed E-state index contributed by atoms with van der Waals surface area (Å²) in [4.78, 5) is 23.2. The number of ether oxygens (including phenoxy) is 2. The number of rotatable bonds is 5. The molecule has 0 saturated carbocycles. The topological polar surface area (TPSA) is 88.1 Å². The second kappa shape index (κ2) is 6.83. The number of carbonyl (C=O) groups excluding carboxylic acids is 1. The molecule has 1 heterocycles. The minimum Gasteiger partial charge on any atom is -0.486 e. The highest BCUT2D eigenvalue weighted by atomic mass is 16.6. The summed E-state index contributed by atoms with van der Waals surface area (Å²) in [7, 11) is 1.44. The van der Waals surface area contributed by atoms with E-state index in [1.807, 2.05) is 18.2 Å². The van der Waals surface area contributed by atoms with Gasteiger partial charge in [0.1, 0.15) is 19.8 Å². The van der Waals surface area contributed by atoms with Crippen molar-refractivity contribution in [3.05, 3.63) is 23.8 Å². The average Bonchev–Trinajstić information content (AvgIpc) is 2.46. The van der Waals surface area contributed by atoms with Gasteiger partial charge in [-0.15, -0.1) is 0 Å². The second-order valence-electron chi connectivity index (χ2n) is 4.71. The van der Waals surface area contributed by atoms with Crippen molar-refractivity contribution in [2.45, 2.75) is 6.42 Å². The largest absolute Gasteiger partial charge is 0.486 e. The molecule has 2 amide bonds. The van der Waals surface area contributed by atoms with Gasteiger partial charge in [-0.05, 0) is 24.1 Å². The third kappa shape index (κ3) is 4.27.